The first-order chi connectivity index (χ1) is 17.0. The average Bonchev–Trinajstić information content (AvgIpc) is 3.35. The van der Waals surface area contributed by atoms with Crippen LogP contribution in [0.15, 0.2) is 30.7 Å². The topological polar surface area (TPSA) is 114 Å². The number of hydrogen-bond donors (Lipinski definition) is 2. The van der Waals surface area contributed by atoms with E-state index in [1.807, 2.05) is 0 Å². The van der Waals surface area contributed by atoms with Gasteiger partial charge in [0.05, 0.1) is 36.9 Å². The van der Waals surface area contributed by atoms with Crippen molar-refractivity contribution in [2.24, 2.45) is 0 Å². The van der Waals surface area contributed by atoms with Crippen molar-refractivity contribution in [3.05, 3.63) is 53.0 Å². The zero-order valence-corrected chi connectivity index (χ0v) is 20.3. The van der Waals surface area contributed by atoms with Crippen LogP contribution in [-0.2, 0) is 17.7 Å². The number of carbonyl (C=O) groups is 1. The van der Waals surface area contributed by atoms with Gasteiger partial charge < -0.3 is 20.7 Å². The van der Waals surface area contributed by atoms with Crippen molar-refractivity contribution >= 4 is 11.7 Å². The van der Waals surface area contributed by atoms with E-state index in [0.717, 1.165) is 63.6 Å². The molecule has 184 valence electrons. The van der Waals surface area contributed by atoms with E-state index in [1.54, 1.807) is 12.4 Å². The van der Waals surface area contributed by atoms with E-state index in [0.29, 0.717) is 17.9 Å². The number of morpholine rings is 1. The fourth-order valence-corrected chi connectivity index (χ4v) is 4.72. The zero-order valence-electron chi connectivity index (χ0n) is 20.3. The summed E-state index contributed by atoms with van der Waals surface area (Å²) >= 11 is 0. The van der Waals surface area contributed by atoms with Crippen LogP contribution in [-0.4, -0.2) is 88.4 Å². The third kappa shape index (κ3) is 5.19. The maximum Gasteiger partial charge on any atom is 0.254 e. The molecule has 10 heteroatoms. The lowest BCUT2D eigenvalue weighted by Gasteiger charge is -2.27. The molecule has 1 amide bonds. The van der Waals surface area contributed by atoms with Gasteiger partial charge in [0, 0.05) is 51.0 Å². The first-order valence-electron chi connectivity index (χ1n) is 12.0. The van der Waals surface area contributed by atoms with Gasteiger partial charge in [-0.25, -0.2) is 14.6 Å². The first kappa shape index (κ1) is 23.4. The second kappa shape index (κ2) is 10.1. The fourth-order valence-electron chi connectivity index (χ4n) is 4.72. The molecule has 2 aliphatic rings. The Kier molecular flexibility index (Phi) is 6.76. The number of nitrogens with one attached hydrogen (secondary N) is 1. The molecule has 5 rings (SSSR count). The molecule has 0 bridgehead atoms. The highest BCUT2D eigenvalue weighted by atomic mass is 16.5. The Morgan fingerprint density at radius 2 is 2.03 bits per heavy atom. The highest BCUT2D eigenvalue weighted by molar-refractivity contribution is 5.93. The first-order valence-corrected chi connectivity index (χ1v) is 12.0. The fraction of sp³-hybridized carbons (Fsp3) is 0.440. The number of ether oxygens (including phenoxy) is 1. The van der Waals surface area contributed by atoms with Gasteiger partial charge in [-0.05, 0) is 49.2 Å². The summed E-state index contributed by atoms with van der Waals surface area (Å²) in [5, 5.41) is 7.29. The van der Waals surface area contributed by atoms with Crippen molar-refractivity contribution in [2.75, 3.05) is 58.7 Å². The number of benzene rings is 1. The zero-order chi connectivity index (χ0) is 24.4. The molecule has 1 saturated heterocycles. The van der Waals surface area contributed by atoms with Crippen LogP contribution in [0.1, 0.15) is 27.0 Å². The lowest BCUT2D eigenvalue weighted by molar-refractivity contribution is 0.0383. The number of amides is 1. The van der Waals surface area contributed by atoms with E-state index in [1.165, 1.54) is 27.6 Å². The van der Waals surface area contributed by atoms with E-state index < -0.39 is 0 Å². The highest BCUT2D eigenvalue weighted by Crippen LogP contribution is 2.29. The number of aryl methyl sites for hydroxylation is 1. The van der Waals surface area contributed by atoms with Gasteiger partial charge >= 0.3 is 0 Å². The molecule has 0 radical (unpaired) electrons. The SMILES string of the molecule is Cc1cc(-c2cnc(N)c(-n3cc(C(=O)NCCN4CCOCC4)cn3)n2)cc2c1CCN(C)C2. The Bertz CT molecular complexity index is 1220. The van der Waals surface area contributed by atoms with E-state index in [2.05, 4.69) is 51.3 Å². The number of fused-ring (bicyclic) bond motifs is 1. The van der Waals surface area contributed by atoms with Crippen LogP contribution in [0, 0.1) is 6.92 Å². The van der Waals surface area contributed by atoms with E-state index in [-0.39, 0.29) is 11.7 Å². The number of nitrogens with two attached hydrogens (primary N) is 1. The summed E-state index contributed by atoms with van der Waals surface area (Å²) < 4.78 is 6.87. The van der Waals surface area contributed by atoms with Crippen LogP contribution in [0.25, 0.3) is 17.1 Å². The number of hydrogen-bond acceptors (Lipinski definition) is 8. The molecule has 2 aliphatic heterocycles. The summed E-state index contributed by atoms with van der Waals surface area (Å²) in [5.74, 6) is 0.481. The van der Waals surface area contributed by atoms with Crippen molar-refractivity contribution in [1.29, 1.82) is 0 Å². The number of anilines is 1. The van der Waals surface area contributed by atoms with Gasteiger partial charge in [0.25, 0.3) is 5.91 Å². The van der Waals surface area contributed by atoms with Crippen LogP contribution < -0.4 is 11.1 Å². The van der Waals surface area contributed by atoms with Crippen LogP contribution in [0.5, 0.6) is 0 Å². The maximum absolute atomic E-state index is 12.6. The van der Waals surface area contributed by atoms with Gasteiger partial charge in [-0.1, -0.05) is 0 Å². The largest absolute Gasteiger partial charge is 0.381 e. The lowest BCUT2D eigenvalue weighted by atomic mass is 9.92. The predicted molar refractivity (Wildman–Crippen MR) is 133 cm³/mol. The van der Waals surface area contributed by atoms with Crippen molar-refractivity contribution in [1.82, 2.24) is 34.9 Å². The third-order valence-electron chi connectivity index (χ3n) is 6.71. The van der Waals surface area contributed by atoms with Crippen LogP contribution in [0.4, 0.5) is 5.82 Å². The Hall–Kier alpha value is -3.34. The Morgan fingerprint density at radius 1 is 1.20 bits per heavy atom. The molecule has 0 saturated carbocycles. The van der Waals surface area contributed by atoms with Crippen LogP contribution >= 0.6 is 0 Å². The summed E-state index contributed by atoms with van der Waals surface area (Å²) in [6.45, 7) is 8.76. The Balaban J connectivity index is 1.32. The molecule has 10 nitrogen and oxygen atoms in total. The Labute approximate surface area is 205 Å². The summed E-state index contributed by atoms with van der Waals surface area (Å²) in [6, 6.07) is 4.35. The van der Waals surface area contributed by atoms with Gasteiger partial charge in [0.1, 0.15) is 0 Å². The smallest absolute Gasteiger partial charge is 0.254 e. The highest BCUT2D eigenvalue weighted by Gasteiger charge is 2.19. The number of nitrogen functional groups attached to an aromatic ring is 1. The second-order valence-corrected chi connectivity index (χ2v) is 9.27. The molecule has 0 spiro atoms. The molecule has 2 aromatic heterocycles. The van der Waals surface area contributed by atoms with Crippen molar-refractivity contribution < 1.29 is 9.53 Å². The third-order valence-corrected chi connectivity index (χ3v) is 6.71. The number of likely N-dealkylation sites (N-methyl/N-ethyl adjacent to an activating group) is 1. The van der Waals surface area contributed by atoms with Gasteiger partial charge in [-0.2, -0.15) is 5.10 Å². The van der Waals surface area contributed by atoms with E-state index in [4.69, 9.17) is 15.5 Å². The normalized spacial score (nSPS) is 16.7. The maximum atomic E-state index is 12.6. The monoisotopic (exact) mass is 476 g/mol. The van der Waals surface area contributed by atoms with Crippen LogP contribution in [0.3, 0.4) is 0 Å². The lowest BCUT2D eigenvalue weighted by Crippen LogP contribution is -2.41. The number of aromatic nitrogens is 4. The summed E-state index contributed by atoms with van der Waals surface area (Å²) in [6.07, 6.45) is 5.91. The van der Waals surface area contributed by atoms with E-state index in [9.17, 15) is 4.79 Å². The molecule has 1 aromatic carbocycles. The quantitative estimate of drug-likeness (QED) is 0.547. The molecule has 0 atom stereocenters. The molecule has 1 fully saturated rings. The van der Waals surface area contributed by atoms with Gasteiger partial charge in [-0.15, -0.1) is 0 Å². The summed E-state index contributed by atoms with van der Waals surface area (Å²) in [5.41, 5.74) is 12.3. The molecule has 0 unspecified atom stereocenters. The van der Waals surface area contributed by atoms with Crippen molar-refractivity contribution in [3.63, 3.8) is 0 Å². The van der Waals surface area contributed by atoms with Crippen molar-refractivity contribution in [3.8, 4) is 17.1 Å². The average molecular weight is 477 g/mol. The van der Waals surface area contributed by atoms with Crippen molar-refractivity contribution in [2.45, 2.75) is 19.9 Å². The second-order valence-electron chi connectivity index (χ2n) is 9.27. The number of nitrogens with zero attached hydrogens (tertiary/aromatic N) is 6. The summed E-state index contributed by atoms with van der Waals surface area (Å²) in [7, 11) is 2.14. The van der Waals surface area contributed by atoms with Gasteiger partial charge in [0.15, 0.2) is 11.6 Å². The minimum absolute atomic E-state index is 0.179. The Morgan fingerprint density at radius 3 is 2.86 bits per heavy atom. The van der Waals surface area contributed by atoms with Crippen LogP contribution in [0.2, 0.25) is 0 Å². The standard InChI is InChI=1S/C25H32N8O2/c1-17-11-18(12-19-15-31(2)5-3-21(17)19)22-14-28-23(26)24(30-22)33-16-20(13-29-33)25(34)27-4-6-32-7-9-35-10-8-32/h11-14,16H,3-10,15H2,1-2H3,(H2,26,28)(H,27,34). The van der Waals surface area contributed by atoms with E-state index >= 15 is 0 Å². The molecule has 3 aromatic rings. The molecule has 0 aliphatic carbocycles. The number of carbonyl (C=O) groups excluding carboxylic acids is 1. The van der Waals surface area contributed by atoms with Gasteiger partial charge in [0.2, 0.25) is 0 Å². The molecular formula is C25H32N8O2. The predicted octanol–water partition coefficient (Wildman–Crippen LogP) is 1.27. The molecule has 3 N–H and O–H groups in total. The minimum atomic E-state index is -0.179. The summed E-state index contributed by atoms with van der Waals surface area (Å²) in [4.78, 5) is 26.4. The molecule has 4 heterocycles. The minimum Gasteiger partial charge on any atom is -0.381 e. The molecular weight excluding hydrogens is 444 g/mol. The number of rotatable bonds is 6. The molecule has 35 heavy (non-hydrogen) atoms. The van der Waals surface area contributed by atoms with Gasteiger partial charge in [-0.3, -0.25) is 9.69 Å².